The van der Waals surface area contributed by atoms with Gasteiger partial charge in [0.2, 0.25) is 0 Å². The number of hydrogen-bond acceptors (Lipinski definition) is 5. The predicted octanol–water partition coefficient (Wildman–Crippen LogP) is 5.15. The van der Waals surface area contributed by atoms with Gasteiger partial charge in [-0.2, -0.15) is 0 Å². The number of Topliss-reactive ketones (excluding diaryl/α,β-unsaturated/α-hetero) is 1. The van der Waals surface area contributed by atoms with Crippen LogP contribution in [0, 0.1) is 0 Å². The van der Waals surface area contributed by atoms with Crippen molar-refractivity contribution in [1.29, 1.82) is 0 Å². The molecule has 0 spiro atoms. The van der Waals surface area contributed by atoms with Gasteiger partial charge in [0, 0.05) is 31.9 Å². The number of aliphatic hydroxyl groups is 1. The summed E-state index contributed by atoms with van der Waals surface area (Å²) in [6.45, 7) is 5.19. The zero-order valence-electron chi connectivity index (χ0n) is 20.0. The number of ketones is 1. The van der Waals surface area contributed by atoms with Crippen molar-refractivity contribution < 1.29 is 19.4 Å². The Labute approximate surface area is 196 Å². The normalized spacial score (nSPS) is 17.5. The van der Waals surface area contributed by atoms with Crippen molar-refractivity contribution in [3.63, 3.8) is 0 Å². The average Bonchev–Trinajstić information content (AvgIpc) is 3.07. The van der Waals surface area contributed by atoms with E-state index in [2.05, 4.69) is 6.92 Å². The highest BCUT2D eigenvalue weighted by molar-refractivity contribution is 6.46. The molecule has 0 saturated carbocycles. The van der Waals surface area contributed by atoms with Gasteiger partial charge in [-0.1, -0.05) is 38.8 Å². The Hall–Kier alpha value is -3.28. The average molecular weight is 451 g/mol. The van der Waals surface area contributed by atoms with E-state index in [4.69, 9.17) is 4.74 Å². The van der Waals surface area contributed by atoms with Gasteiger partial charge >= 0.3 is 0 Å². The van der Waals surface area contributed by atoms with Gasteiger partial charge in [0.15, 0.2) is 0 Å². The summed E-state index contributed by atoms with van der Waals surface area (Å²) >= 11 is 0. The molecule has 1 atom stereocenters. The van der Waals surface area contributed by atoms with Gasteiger partial charge in [-0.15, -0.1) is 0 Å². The molecule has 1 aliphatic rings. The molecule has 0 radical (unpaired) electrons. The second-order valence-electron chi connectivity index (χ2n) is 8.56. The summed E-state index contributed by atoms with van der Waals surface area (Å²) in [4.78, 5) is 29.4. The summed E-state index contributed by atoms with van der Waals surface area (Å²) in [6, 6.07) is 14.1. The Morgan fingerprint density at radius 2 is 1.64 bits per heavy atom. The fourth-order valence-electron chi connectivity index (χ4n) is 4.06. The van der Waals surface area contributed by atoms with Crippen molar-refractivity contribution in [3.05, 3.63) is 65.2 Å². The molecule has 6 nitrogen and oxygen atoms in total. The third-order valence-electron chi connectivity index (χ3n) is 5.87. The van der Waals surface area contributed by atoms with Crippen LogP contribution in [0.15, 0.2) is 54.1 Å². The summed E-state index contributed by atoms with van der Waals surface area (Å²) in [7, 11) is 3.91. The summed E-state index contributed by atoms with van der Waals surface area (Å²) < 4.78 is 5.75. The molecule has 0 aromatic heterocycles. The van der Waals surface area contributed by atoms with Crippen molar-refractivity contribution in [2.75, 3.05) is 32.1 Å². The van der Waals surface area contributed by atoms with E-state index in [0.29, 0.717) is 30.9 Å². The van der Waals surface area contributed by atoms with Crippen molar-refractivity contribution in [1.82, 2.24) is 4.90 Å². The van der Waals surface area contributed by atoms with Crippen molar-refractivity contribution >= 4 is 23.1 Å². The van der Waals surface area contributed by atoms with Crippen LogP contribution in [0.5, 0.6) is 5.75 Å². The Bertz CT molecular complexity index is 994. The third kappa shape index (κ3) is 5.38. The minimum Gasteiger partial charge on any atom is -0.507 e. The lowest BCUT2D eigenvalue weighted by Gasteiger charge is -2.25. The molecule has 0 aliphatic carbocycles. The maximum absolute atomic E-state index is 13.0. The van der Waals surface area contributed by atoms with Gasteiger partial charge < -0.3 is 19.6 Å². The van der Waals surface area contributed by atoms with Crippen LogP contribution in [0.1, 0.15) is 56.7 Å². The number of nitrogens with zero attached hydrogens (tertiary/aromatic N) is 2. The largest absolute Gasteiger partial charge is 0.507 e. The Morgan fingerprint density at radius 1 is 0.970 bits per heavy atom. The fraction of sp³-hybridized carbons (Fsp3) is 0.407. The van der Waals surface area contributed by atoms with Gasteiger partial charge in [-0.05, 0) is 54.8 Å². The number of ether oxygens (including phenoxy) is 1. The standard InChI is InChI=1S/C27H34N2O4/c1-5-7-8-18-33-22-15-11-20(12-16-22)25(30)23-24(29(17-6-2)27(32)26(23)31)19-9-13-21(14-10-19)28(3)4/h9-16,24,30H,5-8,17-18H2,1-4H3/b25-23-. The third-order valence-corrected chi connectivity index (χ3v) is 5.87. The summed E-state index contributed by atoms with van der Waals surface area (Å²) in [5.74, 6) is -0.672. The first kappa shape index (κ1) is 24.4. The highest BCUT2D eigenvalue weighted by atomic mass is 16.5. The van der Waals surface area contributed by atoms with E-state index in [1.807, 2.05) is 50.2 Å². The molecule has 1 unspecified atom stereocenters. The van der Waals surface area contributed by atoms with Gasteiger partial charge in [0.1, 0.15) is 11.5 Å². The van der Waals surface area contributed by atoms with Crippen LogP contribution in [-0.4, -0.2) is 48.9 Å². The quantitative estimate of drug-likeness (QED) is 0.235. The maximum atomic E-state index is 13.0. The molecule has 2 aromatic rings. The van der Waals surface area contributed by atoms with Crippen LogP contribution in [0.4, 0.5) is 5.69 Å². The smallest absolute Gasteiger partial charge is 0.295 e. The molecule has 6 heteroatoms. The zero-order chi connectivity index (χ0) is 24.0. The lowest BCUT2D eigenvalue weighted by Crippen LogP contribution is -2.30. The molecule has 0 bridgehead atoms. The second-order valence-corrected chi connectivity index (χ2v) is 8.56. The number of rotatable bonds is 10. The molecule has 1 saturated heterocycles. The first-order valence-electron chi connectivity index (χ1n) is 11.7. The molecule has 2 aromatic carbocycles. The van der Waals surface area contributed by atoms with E-state index in [0.717, 1.165) is 30.5 Å². The number of carbonyl (C=O) groups excluding carboxylic acids is 2. The number of anilines is 1. The van der Waals surface area contributed by atoms with E-state index in [-0.39, 0.29) is 11.3 Å². The minimum atomic E-state index is -0.650. The summed E-state index contributed by atoms with van der Waals surface area (Å²) in [5, 5.41) is 11.1. The van der Waals surface area contributed by atoms with E-state index in [1.54, 1.807) is 29.2 Å². The number of unbranched alkanes of at least 4 members (excludes halogenated alkanes) is 2. The number of benzene rings is 2. The van der Waals surface area contributed by atoms with Crippen LogP contribution >= 0.6 is 0 Å². The molecule has 1 fully saturated rings. The van der Waals surface area contributed by atoms with Gasteiger partial charge in [0.25, 0.3) is 11.7 Å². The predicted molar refractivity (Wildman–Crippen MR) is 132 cm³/mol. The molecule has 176 valence electrons. The van der Waals surface area contributed by atoms with E-state index >= 15 is 0 Å². The summed E-state index contributed by atoms with van der Waals surface area (Å²) in [5.41, 5.74) is 2.43. The lowest BCUT2D eigenvalue weighted by atomic mass is 9.95. The summed E-state index contributed by atoms with van der Waals surface area (Å²) in [6.07, 6.45) is 3.95. The van der Waals surface area contributed by atoms with Crippen LogP contribution in [-0.2, 0) is 9.59 Å². The Kier molecular flexibility index (Phi) is 8.15. The fourth-order valence-corrected chi connectivity index (χ4v) is 4.06. The van der Waals surface area contributed by atoms with Crippen molar-refractivity contribution in [2.45, 2.75) is 45.6 Å². The van der Waals surface area contributed by atoms with Gasteiger partial charge in [0.05, 0.1) is 18.2 Å². The molecule has 1 amide bonds. The zero-order valence-corrected chi connectivity index (χ0v) is 20.0. The molecule has 1 N–H and O–H groups in total. The van der Waals surface area contributed by atoms with Crippen LogP contribution < -0.4 is 9.64 Å². The van der Waals surface area contributed by atoms with E-state index in [1.165, 1.54) is 0 Å². The van der Waals surface area contributed by atoms with Crippen molar-refractivity contribution in [3.8, 4) is 5.75 Å². The number of carbonyl (C=O) groups is 2. The highest BCUT2D eigenvalue weighted by Crippen LogP contribution is 2.40. The van der Waals surface area contributed by atoms with Crippen LogP contribution in [0.2, 0.25) is 0 Å². The SMILES string of the molecule is CCCCCOc1ccc(/C(O)=C2/C(=O)C(=O)N(CCC)C2c2ccc(N(C)C)cc2)cc1. The Balaban J connectivity index is 1.96. The second kappa shape index (κ2) is 11.0. The monoisotopic (exact) mass is 450 g/mol. The molecule has 3 rings (SSSR count). The maximum Gasteiger partial charge on any atom is 0.295 e. The molecular formula is C27H34N2O4. The minimum absolute atomic E-state index is 0.127. The molecule has 1 heterocycles. The molecule has 1 aliphatic heterocycles. The highest BCUT2D eigenvalue weighted by Gasteiger charge is 2.45. The number of aliphatic hydroxyl groups excluding tert-OH is 1. The lowest BCUT2D eigenvalue weighted by molar-refractivity contribution is -0.139. The van der Waals surface area contributed by atoms with Gasteiger partial charge in [-0.3, -0.25) is 9.59 Å². The first-order valence-corrected chi connectivity index (χ1v) is 11.7. The van der Waals surface area contributed by atoms with Crippen LogP contribution in [0.25, 0.3) is 5.76 Å². The van der Waals surface area contributed by atoms with Crippen LogP contribution in [0.3, 0.4) is 0 Å². The Morgan fingerprint density at radius 3 is 2.21 bits per heavy atom. The topological polar surface area (TPSA) is 70.1 Å². The van der Waals surface area contributed by atoms with Crippen molar-refractivity contribution in [2.24, 2.45) is 0 Å². The van der Waals surface area contributed by atoms with E-state index < -0.39 is 17.7 Å². The van der Waals surface area contributed by atoms with Gasteiger partial charge in [-0.25, -0.2) is 0 Å². The number of likely N-dealkylation sites (tertiary alicyclic amines) is 1. The first-order chi connectivity index (χ1) is 15.9. The molecular weight excluding hydrogens is 416 g/mol. The number of hydrogen-bond donors (Lipinski definition) is 1. The van der Waals surface area contributed by atoms with E-state index in [9.17, 15) is 14.7 Å². The molecule has 33 heavy (non-hydrogen) atoms. The number of amides is 1.